The van der Waals surface area contributed by atoms with Gasteiger partial charge < -0.3 is 20.7 Å². The van der Waals surface area contributed by atoms with Gasteiger partial charge >= 0.3 is 0 Å². The number of hydrogen-bond acceptors (Lipinski definition) is 3. The molecule has 0 fully saturated rings. The summed E-state index contributed by atoms with van der Waals surface area (Å²) in [6.45, 7) is 7.67. The van der Waals surface area contributed by atoms with E-state index in [4.69, 9.17) is 0 Å². The second-order valence-electron chi connectivity index (χ2n) is 7.98. The Morgan fingerprint density at radius 2 is 1.92 bits per heavy atom. The second-order valence-corrected chi connectivity index (χ2v) is 7.98. The molecule has 2 atom stereocenters. The lowest BCUT2D eigenvalue weighted by Gasteiger charge is -2.23. The minimum absolute atomic E-state index is 0.0226. The van der Waals surface area contributed by atoms with Gasteiger partial charge in [0.05, 0.1) is 6.10 Å². The van der Waals surface area contributed by atoms with E-state index in [1.54, 1.807) is 0 Å². The van der Waals surface area contributed by atoms with E-state index in [1.165, 1.54) is 6.92 Å². The van der Waals surface area contributed by atoms with Crippen LogP contribution in [-0.2, 0) is 16.0 Å². The molecule has 2 amide bonds. The third-order valence-corrected chi connectivity index (χ3v) is 4.15. The van der Waals surface area contributed by atoms with Gasteiger partial charge in [0, 0.05) is 37.0 Å². The molecule has 0 bridgehead atoms. The zero-order valence-corrected chi connectivity index (χ0v) is 15.9. The highest BCUT2D eigenvalue weighted by atomic mass is 16.3. The number of benzene rings is 1. The van der Waals surface area contributed by atoms with E-state index >= 15 is 0 Å². The van der Waals surface area contributed by atoms with Crippen LogP contribution in [0, 0.1) is 5.41 Å². The van der Waals surface area contributed by atoms with Crippen molar-refractivity contribution in [2.75, 3.05) is 6.54 Å². The number of amides is 2. The molecule has 6 heteroatoms. The van der Waals surface area contributed by atoms with Crippen molar-refractivity contribution in [1.82, 2.24) is 15.6 Å². The zero-order chi connectivity index (χ0) is 19.3. The summed E-state index contributed by atoms with van der Waals surface area (Å²) in [6, 6.07) is 7.15. The molecule has 0 aliphatic rings. The van der Waals surface area contributed by atoms with Gasteiger partial charge in [0.15, 0.2) is 0 Å². The quantitative estimate of drug-likeness (QED) is 0.610. The van der Waals surface area contributed by atoms with E-state index in [-0.39, 0.29) is 23.8 Å². The van der Waals surface area contributed by atoms with Crippen LogP contribution in [0.25, 0.3) is 10.9 Å². The van der Waals surface area contributed by atoms with Crippen molar-refractivity contribution in [1.29, 1.82) is 0 Å². The third-order valence-electron chi connectivity index (χ3n) is 4.15. The van der Waals surface area contributed by atoms with Crippen LogP contribution in [0.4, 0.5) is 0 Å². The molecule has 0 saturated carbocycles. The Labute approximate surface area is 154 Å². The van der Waals surface area contributed by atoms with Crippen LogP contribution in [0.2, 0.25) is 0 Å². The van der Waals surface area contributed by atoms with Gasteiger partial charge in [0.25, 0.3) is 0 Å². The first-order chi connectivity index (χ1) is 12.2. The summed E-state index contributed by atoms with van der Waals surface area (Å²) >= 11 is 0. The van der Waals surface area contributed by atoms with Gasteiger partial charge in [0.2, 0.25) is 11.8 Å². The van der Waals surface area contributed by atoms with Gasteiger partial charge in [-0.1, -0.05) is 39.0 Å². The SMILES string of the molecule is CC(=O)NC(Cc1c[nH]c2ccccc12)C(=O)NCC(O)CC(C)(C)C. The van der Waals surface area contributed by atoms with E-state index in [9.17, 15) is 14.7 Å². The van der Waals surface area contributed by atoms with E-state index in [1.807, 2.05) is 51.2 Å². The minimum atomic E-state index is -0.687. The number of fused-ring (bicyclic) bond motifs is 1. The van der Waals surface area contributed by atoms with Crippen molar-refractivity contribution < 1.29 is 14.7 Å². The fraction of sp³-hybridized carbons (Fsp3) is 0.500. The molecular weight excluding hydrogens is 330 g/mol. The molecule has 2 unspecified atom stereocenters. The monoisotopic (exact) mass is 359 g/mol. The zero-order valence-electron chi connectivity index (χ0n) is 15.9. The van der Waals surface area contributed by atoms with Crippen molar-refractivity contribution in [2.45, 2.75) is 52.7 Å². The lowest BCUT2D eigenvalue weighted by atomic mass is 9.89. The van der Waals surface area contributed by atoms with E-state index in [0.29, 0.717) is 12.8 Å². The van der Waals surface area contributed by atoms with Crippen LogP contribution in [0.1, 0.15) is 39.7 Å². The molecule has 142 valence electrons. The largest absolute Gasteiger partial charge is 0.391 e. The van der Waals surface area contributed by atoms with Crippen LogP contribution < -0.4 is 10.6 Å². The predicted octanol–water partition coefficient (Wildman–Crippen LogP) is 2.13. The molecule has 26 heavy (non-hydrogen) atoms. The molecule has 2 aromatic rings. The molecule has 0 aliphatic heterocycles. The van der Waals surface area contributed by atoms with E-state index in [2.05, 4.69) is 15.6 Å². The maximum Gasteiger partial charge on any atom is 0.243 e. The number of aromatic nitrogens is 1. The van der Waals surface area contributed by atoms with Gasteiger partial charge in [-0.25, -0.2) is 0 Å². The number of carbonyl (C=O) groups excluding carboxylic acids is 2. The van der Waals surface area contributed by atoms with Crippen molar-refractivity contribution in [2.24, 2.45) is 5.41 Å². The fourth-order valence-electron chi connectivity index (χ4n) is 3.10. The number of H-pyrrole nitrogens is 1. The number of aromatic amines is 1. The molecular formula is C20H29N3O3. The Balaban J connectivity index is 2.04. The fourth-order valence-corrected chi connectivity index (χ4v) is 3.10. The maximum absolute atomic E-state index is 12.6. The highest BCUT2D eigenvalue weighted by molar-refractivity contribution is 5.89. The van der Waals surface area contributed by atoms with Crippen LogP contribution >= 0.6 is 0 Å². The van der Waals surface area contributed by atoms with Gasteiger partial charge in [-0.3, -0.25) is 9.59 Å². The number of carbonyl (C=O) groups is 2. The number of aliphatic hydroxyl groups is 1. The smallest absolute Gasteiger partial charge is 0.243 e. The number of hydrogen-bond donors (Lipinski definition) is 4. The first-order valence-electron chi connectivity index (χ1n) is 8.93. The number of aliphatic hydroxyl groups excluding tert-OH is 1. The van der Waals surface area contributed by atoms with Crippen molar-refractivity contribution in [3.8, 4) is 0 Å². The molecule has 0 aliphatic carbocycles. The van der Waals surface area contributed by atoms with E-state index in [0.717, 1.165) is 16.5 Å². The maximum atomic E-state index is 12.6. The summed E-state index contributed by atoms with van der Waals surface area (Å²) in [5.41, 5.74) is 1.93. The van der Waals surface area contributed by atoms with Crippen LogP contribution in [0.5, 0.6) is 0 Å². The summed E-state index contributed by atoms with van der Waals surface area (Å²) < 4.78 is 0. The minimum Gasteiger partial charge on any atom is -0.391 e. The normalized spacial score (nSPS) is 14.0. The Morgan fingerprint density at radius 3 is 2.58 bits per heavy atom. The average Bonchev–Trinajstić information content (AvgIpc) is 2.93. The Morgan fingerprint density at radius 1 is 1.23 bits per heavy atom. The van der Waals surface area contributed by atoms with Crippen LogP contribution in [0.15, 0.2) is 30.5 Å². The lowest BCUT2D eigenvalue weighted by Crippen LogP contribution is -2.49. The van der Waals surface area contributed by atoms with Gasteiger partial charge in [-0.15, -0.1) is 0 Å². The Bertz CT molecular complexity index is 761. The van der Waals surface area contributed by atoms with Gasteiger partial charge in [-0.2, -0.15) is 0 Å². The Kier molecular flexibility index (Phi) is 6.42. The van der Waals surface area contributed by atoms with Crippen molar-refractivity contribution >= 4 is 22.7 Å². The predicted molar refractivity (Wildman–Crippen MR) is 103 cm³/mol. The lowest BCUT2D eigenvalue weighted by molar-refractivity contribution is -0.128. The first kappa shape index (κ1) is 20.0. The molecule has 0 radical (unpaired) electrons. The average molecular weight is 359 g/mol. The van der Waals surface area contributed by atoms with Crippen LogP contribution in [-0.4, -0.2) is 40.6 Å². The Hall–Kier alpha value is -2.34. The molecule has 4 N–H and O–H groups in total. The molecule has 0 saturated heterocycles. The van der Waals surface area contributed by atoms with E-state index < -0.39 is 12.1 Å². The van der Waals surface area contributed by atoms with Gasteiger partial charge in [0.1, 0.15) is 6.04 Å². The molecule has 2 rings (SSSR count). The highest BCUT2D eigenvalue weighted by Gasteiger charge is 2.23. The summed E-state index contributed by atoms with van der Waals surface area (Å²) in [5, 5.41) is 16.6. The van der Waals surface area contributed by atoms with Crippen LogP contribution in [0.3, 0.4) is 0 Å². The summed E-state index contributed by atoms with van der Waals surface area (Å²) in [4.78, 5) is 27.3. The molecule has 1 aromatic carbocycles. The van der Waals surface area contributed by atoms with Crippen molar-refractivity contribution in [3.63, 3.8) is 0 Å². The number of rotatable bonds is 7. The molecule has 6 nitrogen and oxygen atoms in total. The topological polar surface area (TPSA) is 94.2 Å². The summed E-state index contributed by atoms with van der Waals surface area (Å²) in [7, 11) is 0. The second kappa shape index (κ2) is 8.36. The molecule has 0 spiro atoms. The standard InChI is InChI=1S/C20H29N3O3/c1-13(24)23-18(19(26)22-12-15(25)10-20(2,3)4)9-14-11-21-17-8-6-5-7-16(14)17/h5-8,11,15,18,21,25H,9-10,12H2,1-4H3,(H,22,26)(H,23,24). The summed E-state index contributed by atoms with van der Waals surface area (Å²) in [6.07, 6.45) is 2.21. The van der Waals surface area contributed by atoms with Crippen molar-refractivity contribution in [3.05, 3.63) is 36.0 Å². The van der Waals surface area contributed by atoms with Gasteiger partial charge in [-0.05, 0) is 23.5 Å². The number of nitrogens with one attached hydrogen (secondary N) is 3. The highest BCUT2D eigenvalue weighted by Crippen LogP contribution is 2.21. The molecule has 1 aromatic heterocycles. The number of para-hydroxylation sites is 1. The summed E-state index contributed by atoms with van der Waals surface area (Å²) in [5.74, 6) is -0.557. The molecule has 1 heterocycles. The first-order valence-corrected chi connectivity index (χ1v) is 8.93. The third kappa shape index (κ3) is 5.88.